The number of nitrogens with zero attached hydrogens (tertiary/aromatic N) is 4. The lowest BCUT2D eigenvalue weighted by molar-refractivity contribution is 0.571. The average Bonchev–Trinajstić information content (AvgIpc) is 2.87. The van der Waals surface area contributed by atoms with Gasteiger partial charge in [0.1, 0.15) is 17.2 Å². The van der Waals surface area contributed by atoms with Crippen LogP contribution in [0.5, 0.6) is 0 Å². The summed E-state index contributed by atoms with van der Waals surface area (Å²) in [7, 11) is 0. The summed E-state index contributed by atoms with van der Waals surface area (Å²) in [6.07, 6.45) is 1.59. The zero-order valence-electron chi connectivity index (χ0n) is 9.47. The zero-order valence-corrected chi connectivity index (χ0v) is 10.3. The third-order valence-electron chi connectivity index (χ3n) is 2.22. The molecule has 0 bridgehead atoms. The van der Waals surface area contributed by atoms with Crippen molar-refractivity contribution in [2.45, 2.75) is 33.5 Å². The van der Waals surface area contributed by atoms with E-state index in [1.165, 1.54) is 0 Å². The van der Waals surface area contributed by atoms with Crippen molar-refractivity contribution in [1.82, 2.24) is 25.1 Å². The topological polar surface area (TPSA) is 55.6 Å². The minimum atomic E-state index is 0.729. The van der Waals surface area contributed by atoms with E-state index in [1.807, 2.05) is 11.6 Å². The van der Waals surface area contributed by atoms with Crippen LogP contribution in [0.4, 0.5) is 0 Å². The minimum Gasteiger partial charge on any atom is -0.303 e. The average molecular weight is 237 g/mol. The van der Waals surface area contributed by atoms with Crippen molar-refractivity contribution >= 4 is 11.3 Å². The summed E-state index contributed by atoms with van der Waals surface area (Å²) in [5.74, 6) is 0.968. The number of nitrogens with one attached hydrogen (secondary N) is 1. The highest BCUT2D eigenvalue weighted by Gasteiger charge is 2.02. The Hall–Kier alpha value is -1.27. The molecule has 0 amide bonds. The molecule has 0 aromatic carbocycles. The lowest BCUT2D eigenvalue weighted by Gasteiger charge is -2.03. The molecule has 0 atom stereocenters. The second kappa shape index (κ2) is 5.18. The van der Waals surface area contributed by atoms with Gasteiger partial charge in [0, 0.05) is 24.2 Å². The third kappa shape index (κ3) is 2.65. The zero-order chi connectivity index (χ0) is 11.4. The monoisotopic (exact) mass is 237 g/mol. The van der Waals surface area contributed by atoms with Crippen LogP contribution >= 0.6 is 11.3 Å². The molecule has 0 spiro atoms. The normalized spacial score (nSPS) is 10.9. The first kappa shape index (κ1) is 11.2. The maximum Gasteiger partial charge on any atom is 0.140 e. The summed E-state index contributed by atoms with van der Waals surface area (Å²) >= 11 is 1.68. The van der Waals surface area contributed by atoms with E-state index in [1.54, 1.807) is 17.7 Å². The van der Waals surface area contributed by atoms with Crippen LogP contribution in [0.3, 0.4) is 0 Å². The number of hydrogen-bond donors (Lipinski definition) is 1. The fourth-order valence-corrected chi connectivity index (χ4v) is 2.20. The lowest BCUT2D eigenvalue weighted by atomic mass is 10.5. The third-order valence-corrected chi connectivity index (χ3v) is 3.19. The maximum absolute atomic E-state index is 4.39. The molecule has 0 aliphatic carbocycles. The van der Waals surface area contributed by atoms with Crippen molar-refractivity contribution < 1.29 is 0 Å². The second-order valence-electron chi connectivity index (χ2n) is 3.48. The molecule has 0 unspecified atom stereocenters. The van der Waals surface area contributed by atoms with Gasteiger partial charge in [0.25, 0.3) is 0 Å². The van der Waals surface area contributed by atoms with Crippen LogP contribution in [0.25, 0.3) is 0 Å². The standard InChI is InChI=1S/C10H15N5S/c1-3-15-9(12-7-13-15)4-11-5-10-14-8(2)6-16-10/h6-7,11H,3-5H2,1-2H3. The number of rotatable bonds is 5. The minimum absolute atomic E-state index is 0.729. The van der Waals surface area contributed by atoms with Crippen LogP contribution in [0, 0.1) is 6.92 Å². The van der Waals surface area contributed by atoms with E-state index in [4.69, 9.17) is 0 Å². The Morgan fingerprint density at radius 2 is 2.31 bits per heavy atom. The molecule has 0 aliphatic heterocycles. The van der Waals surface area contributed by atoms with E-state index in [0.29, 0.717) is 0 Å². The van der Waals surface area contributed by atoms with Gasteiger partial charge in [-0.2, -0.15) is 5.10 Å². The number of thiazole rings is 1. The van der Waals surface area contributed by atoms with E-state index in [-0.39, 0.29) is 0 Å². The van der Waals surface area contributed by atoms with Gasteiger partial charge in [-0.25, -0.2) is 14.6 Å². The van der Waals surface area contributed by atoms with Crippen molar-refractivity contribution in [2.24, 2.45) is 0 Å². The lowest BCUT2D eigenvalue weighted by Crippen LogP contribution is -2.16. The predicted octanol–water partition coefficient (Wildman–Crippen LogP) is 1.35. The molecule has 16 heavy (non-hydrogen) atoms. The fourth-order valence-electron chi connectivity index (χ4n) is 1.45. The van der Waals surface area contributed by atoms with Gasteiger partial charge in [0.2, 0.25) is 0 Å². The predicted molar refractivity (Wildman–Crippen MR) is 63.1 cm³/mol. The van der Waals surface area contributed by atoms with Crippen molar-refractivity contribution in [3.8, 4) is 0 Å². The Morgan fingerprint density at radius 3 is 3.00 bits per heavy atom. The van der Waals surface area contributed by atoms with Crippen LogP contribution in [0.15, 0.2) is 11.7 Å². The molecule has 2 rings (SSSR count). The van der Waals surface area contributed by atoms with Crippen molar-refractivity contribution in [3.63, 3.8) is 0 Å². The fraction of sp³-hybridized carbons (Fsp3) is 0.500. The molecule has 0 aliphatic rings. The molecule has 1 N–H and O–H groups in total. The SMILES string of the molecule is CCn1ncnc1CNCc1nc(C)cs1. The maximum atomic E-state index is 4.39. The molecule has 0 fully saturated rings. The highest BCUT2D eigenvalue weighted by molar-refractivity contribution is 7.09. The molecular weight excluding hydrogens is 222 g/mol. The molecular formula is C10H15N5S. The Labute approximate surface area is 98.5 Å². The smallest absolute Gasteiger partial charge is 0.140 e. The number of aryl methyl sites for hydroxylation is 2. The van der Waals surface area contributed by atoms with E-state index < -0.39 is 0 Å². The summed E-state index contributed by atoms with van der Waals surface area (Å²) in [6, 6.07) is 0. The summed E-state index contributed by atoms with van der Waals surface area (Å²) in [5, 5.41) is 10.6. The molecule has 2 heterocycles. The first-order chi connectivity index (χ1) is 7.79. The van der Waals surface area contributed by atoms with Gasteiger partial charge >= 0.3 is 0 Å². The summed E-state index contributed by atoms with van der Waals surface area (Å²) < 4.78 is 1.89. The van der Waals surface area contributed by atoms with Crippen LogP contribution in [0.2, 0.25) is 0 Å². The van der Waals surface area contributed by atoms with E-state index in [2.05, 4.69) is 32.7 Å². The van der Waals surface area contributed by atoms with E-state index in [0.717, 1.165) is 36.2 Å². The highest BCUT2D eigenvalue weighted by atomic mass is 32.1. The van der Waals surface area contributed by atoms with E-state index >= 15 is 0 Å². The second-order valence-corrected chi connectivity index (χ2v) is 4.42. The van der Waals surface area contributed by atoms with Crippen LogP contribution < -0.4 is 5.32 Å². The van der Waals surface area contributed by atoms with Crippen LogP contribution in [0.1, 0.15) is 23.4 Å². The summed E-state index contributed by atoms with van der Waals surface area (Å²) in [4.78, 5) is 8.58. The summed E-state index contributed by atoms with van der Waals surface area (Å²) in [6.45, 7) is 6.44. The van der Waals surface area contributed by atoms with E-state index in [9.17, 15) is 0 Å². The van der Waals surface area contributed by atoms with Crippen LogP contribution in [-0.4, -0.2) is 19.7 Å². The number of hydrogen-bond acceptors (Lipinski definition) is 5. The highest BCUT2D eigenvalue weighted by Crippen LogP contribution is 2.08. The van der Waals surface area contributed by atoms with Gasteiger partial charge in [0.15, 0.2) is 0 Å². The van der Waals surface area contributed by atoms with Gasteiger partial charge in [-0.1, -0.05) is 0 Å². The molecule has 2 aromatic heterocycles. The van der Waals surface area contributed by atoms with Gasteiger partial charge in [0.05, 0.1) is 6.54 Å². The van der Waals surface area contributed by atoms with Crippen molar-refractivity contribution in [3.05, 3.63) is 28.2 Å². The Morgan fingerprint density at radius 1 is 1.44 bits per heavy atom. The van der Waals surface area contributed by atoms with Crippen molar-refractivity contribution in [1.29, 1.82) is 0 Å². The Balaban J connectivity index is 1.84. The first-order valence-electron chi connectivity index (χ1n) is 5.28. The van der Waals surface area contributed by atoms with Crippen LogP contribution in [-0.2, 0) is 19.6 Å². The Bertz CT molecular complexity index is 448. The van der Waals surface area contributed by atoms with Gasteiger partial charge < -0.3 is 5.32 Å². The summed E-state index contributed by atoms with van der Waals surface area (Å²) in [5.41, 5.74) is 1.08. The van der Waals surface area contributed by atoms with Gasteiger partial charge in [-0.3, -0.25) is 0 Å². The number of aromatic nitrogens is 4. The van der Waals surface area contributed by atoms with Gasteiger partial charge in [-0.05, 0) is 13.8 Å². The molecule has 0 saturated heterocycles. The molecule has 6 heteroatoms. The Kier molecular flexibility index (Phi) is 3.63. The molecule has 5 nitrogen and oxygen atoms in total. The molecule has 0 saturated carbocycles. The molecule has 2 aromatic rings. The first-order valence-corrected chi connectivity index (χ1v) is 6.16. The van der Waals surface area contributed by atoms with Crippen molar-refractivity contribution in [2.75, 3.05) is 0 Å². The molecule has 0 radical (unpaired) electrons. The largest absolute Gasteiger partial charge is 0.303 e. The quantitative estimate of drug-likeness (QED) is 0.853. The molecule has 86 valence electrons. The van der Waals surface area contributed by atoms with Gasteiger partial charge in [-0.15, -0.1) is 11.3 Å².